The van der Waals surface area contributed by atoms with Crippen LogP contribution in [0.5, 0.6) is 0 Å². The van der Waals surface area contributed by atoms with Gasteiger partial charge in [-0.3, -0.25) is 0 Å². The summed E-state index contributed by atoms with van der Waals surface area (Å²) in [4.78, 5) is 21.7. The van der Waals surface area contributed by atoms with E-state index in [4.69, 9.17) is 9.47 Å². The summed E-state index contributed by atoms with van der Waals surface area (Å²) in [6.07, 6.45) is -1.43. The molecule has 1 aliphatic rings. The summed E-state index contributed by atoms with van der Waals surface area (Å²) in [5, 5.41) is 12.2. The van der Waals surface area contributed by atoms with Gasteiger partial charge in [0.2, 0.25) is 5.70 Å². The third kappa shape index (κ3) is 2.80. The van der Waals surface area contributed by atoms with Gasteiger partial charge in [0.15, 0.2) is 11.5 Å². The summed E-state index contributed by atoms with van der Waals surface area (Å²) in [5.74, 6) is -2.50. The molecular formula is C10H15NO6. The number of hydrogen-bond acceptors (Lipinski definition) is 7. The van der Waals surface area contributed by atoms with Crippen molar-refractivity contribution in [1.29, 1.82) is 0 Å². The zero-order valence-corrected chi connectivity index (χ0v) is 10.1. The number of aliphatic hydroxyl groups is 1. The molecule has 0 bridgehead atoms. The Morgan fingerprint density at radius 2 is 2.00 bits per heavy atom. The molecule has 0 aromatic heterocycles. The molecule has 0 spiro atoms. The van der Waals surface area contributed by atoms with Gasteiger partial charge in [0.1, 0.15) is 6.10 Å². The maximum atomic E-state index is 11.2. The molecule has 17 heavy (non-hydrogen) atoms. The number of nitrogens with zero attached hydrogens (tertiary/aromatic N) is 1. The van der Waals surface area contributed by atoms with Crippen LogP contribution in [0.3, 0.4) is 0 Å². The van der Waals surface area contributed by atoms with Crippen molar-refractivity contribution in [3.63, 3.8) is 0 Å². The van der Waals surface area contributed by atoms with Crippen LogP contribution in [-0.4, -0.2) is 36.2 Å². The molecule has 7 nitrogen and oxygen atoms in total. The first-order valence-electron chi connectivity index (χ1n) is 5.03. The molecule has 0 aromatic rings. The second kappa shape index (κ2) is 4.80. The Kier molecular flexibility index (Phi) is 3.84. The van der Waals surface area contributed by atoms with Crippen LogP contribution in [-0.2, 0) is 19.0 Å². The van der Waals surface area contributed by atoms with Crippen LogP contribution in [0.2, 0.25) is 0 Å². The van der Waals surface area contributed by atoms with Crippen molar-refractivity contribution in [1.82, 2.24) is 0 Å². The number of carbonyl (C=O) groups excluding carboxylic acids is 1. The van der Waals surface area contributed by atoms with Gasteiger partial charge in [-0.1, -0.05) is 0 Å². The Hall–Kier alpha value is -1.47. The second-order valence-corrected chi connectivity index (χ2v) is 4.08. The van der Waals surface area contributed by atoms with Crippen LogP contribution in [0, 0.1) is 4.91 Å². The molecule has 0 aliphatic carbocycles. The largest absolute Gasteiger partial charge is 0.507 e. The number of hydrogen-bond donors (Lipinski definition) is 1. The van der Waals surface area contributed by atoms with Crippen LogP contribution in [0.4, 0.5) is 0 Å². The lowest BCUT2D eigenvalue weighted by molar-refractivity contribution is -0.145. The smallest absolute Gasteiger partial charge is 0.363 e. The molecule has 2 atom stereocenters. The number of methoxy groups -OCH3 is 1. The minimum atomic E-state index is -1.02. The lowest BCUT2D eigenvalue weighted by Gasteiger charge is -2.16. The quantitative estimate of drug-likeness (QED) is 0.348. The van der Waals surface area contributed by atoms with E-state index in [0.29, 0.717) is 0 Å². The predicted octanol–water partition coefficient (Wildman–Crippen LogP) is 1.24. The lowest BCUT2D eigenvalue weighted by Crippen LogP contribution is -2.25. The summed E-state index contributed by atoms with van der Waals surface area (Å²) in [5.41, 5.74) is -0.703. The van der Waals surface area contributed by atoms with E-state index in [1.807, 2.05) is 0 Å². The van der Waals surface area contributed by atoms with Crippen LogP contribution in [0.15, 0.2) is 16.6 Å². The highest BCUT2D eigenvalue weighted by molar-refractivity contribution is 5.88. The first-order chi connectivity index (χ1) is 7.82. The van der Waals surface area contributed by atoms with Gasteiger partial charge in [-0.05, 0) is 25.9 Å². The third-order valence-electron chi connectivity index (χ3n) is 2.29. The van der Waals surface area contributed by atoms with E-state index in [2.05, 4.69) is 9.91 Å². The van der Waals surface area contributed by atoms with Gasteiger partial charge < -0.3 is 19.3 Å². The topological polar surface area (TPSA) is 94.4 Å². The van der Waals surface area contributed by atoms with Gasteiger partial charge in [0, 0.05) is 0 Å². The Labute approximate surface area is 98.3 Å². The van der Waals surface area contributed by atoms with Crippen molar-refractivity contribution >= 4 is 5.97 Å². The molecule has 1 heterocycles. The van der Waals surface area contributed by atoms with Gasteiger partial charge in [0.05, 0.1) is 13.2 Å². The zero-order valence-electron chi connectivity index (χ0n) is 10.1. The zero-order chi connectivity index (χ0) is 13.2. The molecule has 0 saturated carbocycles. The SMILES string of the molecule is COC(=O)/C(N=O)=C(\O)[C@H]1OC(C)(C)O[C@H]1C. The number of esters is 1. The maximum absolute atomic E-state index is 11.2. The van der Waals surface area contributed by atoms with Crippen LogP contribution in [0.25, 0.3) is 0 Å². The number of ether oxygens (including phenoxy) is 3. The minimum Gasteiger partial charge on any atom is -0.507 e. The minimum absolute atomic E-state index is 0.508. The average molecular weight is 245 g/mol. The lowest BCUT2D eigenvalue weighted by atomic mass is 10.1. The predicted molar refractivity (Wildman–Crippen MR) is 57.0 cm³/mol. The number of rotatable bonds is 3. The number of nitroso groups, excluding NO2 is 1. The monoisotopic (exact) mass is 245 g/mol. The molecule has 96 valence electrons. The molecule has 1 N–H and O–H groups in total. The highest BCUT2D eigenvalue weighted by Crippen LogP contribution is 2.32. The van der Waals surface area contributed by atoms with Gasteiger partial charge in [0.25, 0.3) is 0 Å². The van der Waals surface area contributed by atoms with Crippen molar-refractivity contribution in [2.24, 2.45) is 5.18 Å². The average Bonchev–Trinajstić information content (AvgIpc) is 2.52. The standard InChI is InChI=1S/C10H15NO6/c1-5-8(17-10(2,3)16-5)7(12)6(11-14)9(13)15-4/h5,8,12H,1-4H3/b7-6+/t5-,8-/m0/s1. The van der Waals surface area contributed by atoms with Crippen LogP contribution < -0.4 is 0 Å². The summed E-state index contributed by atoms with van der Waals surface area (Å²) in [7, 11) is 1.08. The molecule has 7 heteroatoms. The van der Waals surface area contributed by atoms with Crippen LogP contribution in [0.1, 0.15) is 20.8 Å². The van der Waals surface area contributed by atoms with Crippen molar-refractivity contribution in [2.45, 2.75) is 38.8 Å². The molecule has 1 rings (SSSR count). The Morgan fingerprint density at radius 1 is 1.41 bits per heavy atom. The van der Waals surface area contributed by atoms with E-state index >= 15 is 0 Å². The van der Waals surface area contributed by atoms with Crippen molar-refractivity contribution in [3.05, 3.63) is 16.4 Å². The van der Waals surface area contributed by atoms with Gasteiger partial charge in [-0.15, -0.1) is 4.91 Å². The summed E-state index contributed by atoms with van der Waals surface area (Å²) < 4.78 is 15.1. The summed E-state index contributed by atoms with van der Waals surface area (Å²) >= 11 is 0. The molecule has 0 radical (unpaired) electrons. The van der Waals surface area contributed by atoms with E-state index in [-0.39, 0.29) is 0 Å². The molecular weight excluding hydrogens is 230 g/mol. The molecule has 0 aromatic carbocycles. The number of carbonyl (C=O) groups is 1. The van der Waals surface area contributed by atoms with Gasteiger partial charge >= 0.3 is 5.97 Å². The fourth-order valence-corrected chi connectivity index (χ4v) is 1.64. The summed E-state index contributed by atoms with van der Waals surface area (Å²) in [6.45, 7) is 4.96. The van der Waals surface area contributed by atoms with Gasteiger partial charge in [-0.2, -0.15) is 0 Å². The van der Waals surface area contributed by atoms with E-state index in [9.17, 15) is 14.8 Å². The Bertz CT molecular complexity index is 362. The van der Waals surface area contributed by atoms with E-state index in [1.165, 1.54) is 0 Å². The third-order valence-corrected chi connectivity index (χ3v) is 2.29. The normalized spacial score (nSPS) is 28.5. The highest BCUT2D eigenvalue weighted by Gasteiger charge is 2.43. The summed E-state index contributed by atoms with van der Waals surface area (Å²) in [6, 6.07) is 0. The molecule has 1 saturated heterocycles. The fraction of sp³-hybridized carbons (Fsp3) is 0.700. The molecule has 1 fully saturated rings. The first kappa shape index (κ1) is 13.6. The molecule has 0 unspecified atom stereocenters. The number of aliphatic hydroxyl groups excluding tert-OH is 1. The van der Waals surface area contributed by atoms with E-state index in [0.717, 1.165) is 7.11 Å². The fourth-order valence-electron chi connectivity index (χ4n) is 1.64. The van der Waals surface area contributed by atoms with Crippen molar-refractivity contribution in [3.8, 4) is 0 Å². The molecule has 0 amide bonds. The first-order valence-corrected chi connectivity index (χ1v) is 5.03. The Morgan fingerprint density at radius 3 is 2.35 bits per heavy atom. The van der Waals surface area contributed by atoms with Crippen LogP contribution >= 0.6 is 0 Å². The molecule has 1 aliphatic heterocycles. The van der Waals surface area contributed by atoms with Crippen molar-refractivity contribution in [2.75, 3.05) is 7.11 Å². The van der Waals surface area contributed by atoms with Gasteiger partial charge in [-0.25, -0.2) is 4.79 Å². The highest BCUT2D eigenvalue weighted by atomic mass is 16.8. The van der Waals surface area contributed by atoms with Crippen molar-refractivity contribution < 1.29 is 24.1 Å². The maximum Gasteiger partial charge on any atom is 0.363 e. The van der Waals surface area contributed by atoms with E-state index < -0.39 is 35.4 Å². The van der Waals surface area contributed by atoms with E-state index in [1.54, 1.807) is 20.8 Å². The second-order valence-electron chi connectivity index (χ2n) is 4.08. The Balaban J connectivity index is 3.02.